The molecular weight excluding hydrogens is 412 g/mol. The first kappa shape index (κ1) is 20.7. The molecule has 2 fully saturated rings. The molecule has 1 aliphatic heterocycles. The number of nitrogens with one attached hydrogen (secondary N) is 1. The van der Waals surface area contributed by atoms with E-state index in [-0.39, 0.29) is 17.6 Å². The molecule has 0 atom stereocenters. The number of rotatable bonds is 3. The van der Waals surface area contributed by atoms with E-state index in [0.717, 1.165) is 31.4 Å². The van der Waals surface area contributed by atoms with E-state index in [2.05, 4.69) is 20.3 Å². The minimum absolute atomic E-state index is 0.0967. The normalized spacial score (nSPS) is 18.2. The fourth-order valence-corrected chi connectivity index (χ4v) is 4.31. The number of carbonyl (C=O) groups excluding carboxylic acids is 1. The molecule has 1 N–H and O–H groups in total. The average Bonchev–Trinajstić information content (AvgIpc) is 3.32. The van der Waals surface area contributed by atoms with Crippen molar-refractivity contribution >= 4 is 11.7 Å². The Kier molecular flexibility index (Phi) is 5.02. The molecule has 0 bridgehead atoms. The Bertz CT molecular complexity index is 1190. The van der Waals surface area contributed by atoms with Crippen LogP contribution in [0.15, 0.2) is 21.5 Å². The Morgan fingerprint density at radius 2 is 1.91 bits per heavy atom. The molecule has 2 aliphatic rings. The fourth-order valence-electron chi connectivity index (χ4n) is 4.31. The number of amides is 1. The molecule has 5 rings (SSSR count). The molecule has 1 aliphatic carbocycles. The van der Waals surface area contributed by atoms with Crippen LogP contribution in [-0.2, 0) is 4.74 Å². The Labute approximate surface area is 185 Å². The standard InChI is InChI=1S/C22H28N6O4/c1-22(2,3)32-21(30)27-9-7-13(8-10-27)16-11-17(29)24-18-15(12-23-28(16)18)20-26-25-19(31-20)14-5-4-6-14/h11-14H,4-10H2,1-3H3,(H,24,29). The van der Waals surface area contributed by atoms with Crippen LogP contribution in [0.2, 0.25) is 0 Å². The Hall–Kier alpha value is -3.17. The summed E-state index contributed by atoms with van der Waals surface area (Å²) in [5, 5.41) is 12.9. The van der Waals surface area contributed by atoms with Gasteiger partial charge in [0.1, 0.15) is 16.8 Å². The van der Waals surface area contributed by atoms with Gasteiger partial charge in [0.25, 0.3) is 11.4 Å². The third kappa shape index (κ3) is 3.89. The number of carbonyl (C=O) groups is 1. The average molecular weight is 441 g/mol. The second-order valence-corrected chi connectivity index (χ2v) is 9.69. The van der Waals surface area contributed by atoms with E-state index in [9.17, 15) is 9.59 Å². The Balaban J connectivity index is 1.38. The van der Waals surface area contributed by atoms with Gasteiger partial charge in [-0.25, -0.2) is 9.31 Å². The van der Waals surface area contributed by atoms with Gasteiger partial charge in [0.05, 0.1) is 11.9 Å². The lowest BCUT2D eigenvalue weighted by Gasteiger charge is -2.33. The third-order valence-electron chi connectivity index (χ3n) is 6.22. The summed E-state index contributed by atoms with van der Waals surface area (Å²) in [6, 6.07) is 1.59. The van der Waals surface area contributed by atoms with Crippen molar-refractivity contribution in [1.82, 2.24) is 29.7 Å². The van der Waals surface area contributed by atoms with Gasteiger partial charge >= 0.3 is 6.09 Å². The van der Waals surface area contributed by atoms with E-state index in [4.69, 9.17) is 9.15 Å². The highest BCUT2D eigenvalue weighted by Crippen LogP contribution is 2.37. The molecule has 1 amide bonds. The van der Waals surface area contributed by atoms with Gasteiger partial charge in [-0.05, 0) is 46.5 Å². The van der Waals surface area contributed by atoms with Crippen molar-refractivity contribution in [3.63, 3.8) is 0 Å². The topological polar surface area (TPSA) is 119 Å². The van der Waals surface area contributed by atoms with Gasteiger partial charge in [-0.2, -0.15) is 5.10 Å². The minimum Gasteiger partial charge on any atom is -0.444 e. The molecule has 3 aromatic heterocycles. The first-order chi connectivity index (χ1) is 15.3. The summed E-state index contributed by atoms with van der Waals surface area (Å²) in [6.45, 7) is 6.71. The molecule has 10 heteroatoms. The summed E-state index contributed by atoms with van der Waals surface area (Å²) in [5.41, 5.74) is 1.25. The number of hydrogen-bond donors (Lipinski definition) is 1. The van der Waals surface area contributed by atoms with Crippen LogP contribution < -0.4 is 5.56 Å². The molecule has 0 spiro atoms. The summed E-state index contributed by atoms with van der Waals surface area (Å²) in [5.74, 6) is 1.45. The molecule has 1 saturated carbocycles. The summed E-state index contributed by atoms with van der Waals surface area (Å²) in [7, 11) is 0. The fraction of sp³-hybridized carbons (Fsp3) is 0.591. The predicted molar refractivity (Wildman–Crippen MR) is 115 cm³/mol. The maximum Gasteiger partial charge on any atom is 0.410 e. The lowest BCUT2D eigenvalue weighted by Crippen LogP contribution is -2.41. The van der Waals surface area contributed by atoms with Gasteiger partial charge in [-0.15, -0.1) is 10.2 Å². The van der Waals surface area contributed by atoms with Crippen LogP contribution in [0.1, 0.15) is 76.3 Å². The van der Waals surface area contributed by atoms with Crippen LogP contribution >= 0.6 is 0 Å². The molecule has 4 heterocycles. The minimum atomic E-state index is -0.522. The van der Waals surface area contributed by atoms with Crippen LogP contribution in [0.4, 0.5) is 4.79 Å². The lowest BCUT2D eigenvalue weighted by molar-refractivity contribution is 0.0203. The van der Waals surface area contributed by atoms with Gasteiger partial charge in [0, 0.05) is 31.0 Å². The summed E-state index contributed by atoms with van der Waals surface area (Å²) >= 11 is 0. The molecule has 0 radical (unpaired) electrons. The number of likely N-dealkylation sites (tertiary alicyclic amines) is 1. The summed E-state index contributed by atoms with van der Waals surface area (Å²) in [6.07, 6.45) is 6.12. The Morgan fingerprint density at radius 3 is 2.56 bits per heavy atom. The van der Waals surface area contributed by atoms with E-state index in [1.165, 1.54) is 6.42 Å². The highest BCUT2D eigenvalue weighted by molar-refractivity contribution is 5.71. The van der Waals surface area contributed by atoms with Crippen LogP contribution in [0, 0.1) is 0 Å². The van der Waals surface area contributed by atoms with Crippen LogP contribution in [0.3, 0.4) is 0 Å². The maximum atomic E-state index is 12.5. The number of nitrogens with zero attached hydrogens (tertiary/aromatic N) is 5. The van der Waals surface area contributed by atoms with Crippen molar-refractivity contribution in [2.75, 3.05) is 13.1 Å². The first-order valence-corrected chi connectivity index (χ1v) is 11.2. The van der Waals surface area contributed by atoms with Crippen molar-refractivity contribution < 1.29 is 13.9 Å². The number of aromatic nitrogens is 5. The van der Waals surface area contributed by atoms with E-state index in [1.807, 2.05) is 20.8 Å². The number of H-pyrrole nitrogens is 1. The molecule has 0 aromatic carbocycles. The van der Waals surface area contributed by atoms with Gasteiger partial charge in [-0.1, -0.05) is 6.42 Å². The second-order valence-electron chi connectivity index (χ2n) is 9.69. The van der Waals surface area contributed by atoms with E-state index in [1.54, 1.807) is 21.7 Å². The molecule has 10 nitrogen and oxygen atoms in total. The van der Waals surface area contributed by atoms with Gasteiger partial charge in [-0.3, -0.25) is 4.79 Å². The highest BCUT2D eigenvalue weighted by Gasteiger charge is 2.30. The quantitative estimate of drug-likeness (QED) is 0.662. The monoisotopic (exact) mass is 440 g/mol. The van der Waals surface area contributed by atoms with Gasteiger partial charge < -0.3 is 19.0 Å². The third-order valence-corrected chi connectivity index (χ3v) is 6.22. The summed E-state index contributed by atoms with van der Waals surface area (Å²) < 4.78 is 13.1. The van der Waals surface area contributed by atoms with E-state index < -0.39 is 5.60 Å². The molecule has 3 aromatic rings. The van der Waals surface area contributed by atoms with Gasteiger partial charge in [0.2, 0.25) is 5.89 Å². The molecule has 1 saturated heterocycles. The van der Waals surface area contributed by atoms with Crippen LogP contribution in [0.5, 0.6) is 0 Å². The summed E-state index contributed by atoms with van der Waals surface area (Å²) in [4.78, 5) is 29.4. The zero-order valence-corrected chi connectivity index (χ0v) is 18.6. The number of hydrogen-bond acceptors (Lipinski definition) is 7. The zero-order valence-electron chi connectivity index (χ0n) is 18.6. The maximum absolute atomic E-state index is 12.5. The van der Waals surface area contributed by atoms with Gasteiger partial charge in [0.15, 0.2) is 0 Å². The largest absolute Gasteiger partial charge is 0.444 e. The lowest BCUT2D eigenvalue weighted by atomic mass is 9.85. The molecule has 0 unspecified atom stereocenters. The van der Waals surface area contributed by atoms with E-state index >= 15 is 0 Å². The van der Waals surface area contributed by atoms with Crippen molar-refractivity contribution in [1.29, 1.82) is 0 Å². The number of aromatic amines is 1. The molecule has 170 valence electrons. The van der Waals surface area contributed by atoms with Crippen LogP contribution in [-0.4, -0.2) is 54.5 Å². The van der Waals surface area contributed by atoms with Crippen LogP contribution in [0.25, 0.3) is 17.1 Å². The molecular formula is C22H28N6O4. The van der Waals surface area contributed by atoms with Crippen molar-refractivity contribution in [3.8, 4) is 11.5 Å². The first-order valence-electron chi connectivity index (χ1n) is 11.2. The van der Waals surface area contributed by atoms with Crippen molar-refractivity contribution in [2.24, 2.45) is 0 Å². The second kappa shape index (κ2) is 7.75. The Morgan fingerprint density at radius 1 is 1.16 bits per heavy atom. The predicted octanol–water partition coefficient (Wildman–Crippen LogP) is 3.45. The zero-order chi connectivity index (χ0) is 22.5. The van der Waals surface area contributed by atoms with Crippen molar-refractivity contribution in [3.05, 3.63) is 34.2 Å². The highest BCUT2D eigenvalue weighted by atomic mass is 16.6. The SMILES string of the molecule is CC(C)(C)OC(=O)N1CCC(c2cc(=O)[nH]c3c(-c4nnc(C5CCC5)o4)cnn23)CC1. The smallest absolute Gasteiger partial charge is 0.410 e. The number of ether oxygens (including phenoxy) is 1. The molecule has 32 heavy (non-hydrogen) atoms. The van der Waals surface area contributed by atoms with E-state index in [0.29, 0.717) is 42.0 Å². The van der Waals surface area contributed by atoms with Crippen molar-refractivity contribution in [2.45, 2.75) is 70.3 Å². The number of fused-ring (bicyclic) bond motifs is 1. The number of piperidine rings is 1.